The first-order chi connectivity index (χ1) is 8.16. The van der Waals surface area contributed by atoms with Gasteiger partial charge in [-0.1, -0.05) is 12.1 Å². The van der Waals surface area contributed by atoms with Gasteiger partial charge in [0.2, 0.25) is 5.91 Å². The van der Waals surface area contributed by atoms with E-state index in [1.165, 1.54) is 0 Å². The van der Waals surface area contributed by atoms with Crippen LogP contribution in [0.2, 0.25) is 0 Å². The van der Waals surface area contributed by atoms with Crippen LogP contribution in [-0.2, 0) is 4.79 Å². The first-order valence-corrected chi connectivity index (χ1v) is 5.90. The highest BCUT2D eigenvalue weighted by molar-refractivity contribution is 6.30. The van der Waals surface area contributed by atoms with Crippen molar-refractivity contribution in [1.29, 1.82) is 0 Å². The van der Waals surface area contributed by atoms with Gasteiger partial charge >= 0.3 is 0 Å². The quantitative estimate of drug-likeness (QED) is 0.834. The van der Waals surface area contributed by atoms with E-state index in [9.17, 15) is 4.79 Å². The Labute approximate surface area is 105 Å². The first-order valence-electron chi connectivity index (χ1n) is 5.47. The Morgan fingerprint density at radius 3 is 2.94 bits per heavy atom. The van der Waals surface area contributed by atoms with E-state index in [2.05, 4.69) is 5.32 Å². The lowest BCUT2D eigenvalue weighted by Crippen LogP contribution is -2.42. The number of benzene rings is 1. The smallest absolute Gasteiger partial charge is 0.237 e. The number of carbonyl (C=O) groups excluding carboxylic acids is 1. The average molecular weight is 256 g/mol. The summed E-state index contributed by atoms with van der Waals surface area (Å²) in [6, 6.07) is 7.46. The molecule has 92 valence electrons. The van der Waals surface area contributed by atoms with Gasteiger partial charge in [0.15, 0.2) is 11.5 Å². The molecule has 0 saturated carbocycles. The normalized spacial score (nSPS) is 19.5. The lowest BCUT2D eigenvalue weighted by molar-refractivity contribution is -0.120. The van der Waals surface area contributed by atoms with E-state index in [4.69, 9.17) is 21.1 Å². The average Bonchev–Trinajstić information content (AvgIpc) is 2.35. The molecule has 0 spiro atoms. The number of para-hydroxylation sites is 2. The highest BCUT2D eigenvalue weighted by Crippen LogP contribution is 2.30. The van der Waals surface area contributed by atoms with Gasteiger partial charge in [0.05, 0.1) is 6.54 Å². The Hall–Kier alpha value is -1.42. The Bertz CT molecular complexity index is 408. The standard InChI is InChI=1S/C12H14ClNO3/c1-8(13)12(15)14-6-9-7-16-10-4-2-3-5-11(10)17-9/h2-5,8-9H,6-7H2,1H3,(H,14,15)/t8-,9+/m1/s1. The molecule has 17 heavy (non-hydrogen) atoms. The summed E-state index contributed by atoms with van der Waals surface area (Å²) in [5.74, 6) is 1.24. The molecule has 0 saturated heterocycles. The SMILES string of the molecule is C[C@@H](Cl)C(=O)NC[C@H]1COc2ccccc2O1. The van der Waals surface area contributed by atoms with Crippen molar-refractivity contribution in [3.63, 3.8) is 0 Å². The zero-order valence-corrected chi connectivity index (χ0v) is 10.2. The number of rotatable bonds is 3. The summed E-state index contributed by atoms with van der Waals surface area (Å²) < 4.78 is 11.2. The molecule has 0 fully saturated rings. The van der Waals surface area contributed by atoms with Gasteiger partial charge in [0.1, 0.15) is 18.1 Å². The number of hydrogen-bond acceptors (Lipinski definition) is 3. The Balaban J connectivity index is 1.88. The minimum absolute atomic E-state index is 0.177. The fraction of sp³-hybridized carbons (Fsp3) is 0.417. The zero-order chi connectivity index (χ0) is 12.3. The molecule has 4 nitrogen and oxygen atoms in total. The van der Waals surface area contributed by atoms with Gasteiger partial charge < -0.3 is 14.8 Å². The molecular weight excluding hydrogens is 242 g/mol. The Morgan fingerprint density at radius 1 is 1.53 bits per heavy atom. The van der Waals surface area contributed by atoms with Gasteiger partial charge in [-0.15, -0.1) is 11.6 Å². The number of fused-ring (bicyclic) bond motifs is 1. The minimum Gasteiger partial charge on any atom is -0.486 e. The molecule has 1 heterocycles. The molecule has 1 aromatic rings. The van der Waals surface area contributed by atoms with Crippen molar-refractivity contribution in [1.82, 2.24) is 5.32 Å². The summed E-state index contributed by atoms with van der Waals surface area (Å²) in [6.07, 6.45) is -0.177. The maximum atomic E-state index is 11.3. The van der Waals surface area contributed by atoms with E-state index in [0.717, 1.165) is 5.75 Å². The molecule has 0 aliphatic carbocycles. The first kappa shape index (κ1) is 12.0. The van der Waals surface area contributed by atoms with Crippen molar-refractivity contribution < 1.29 is 14.3 Å². The van der Waals surface area contributed by atoms with Gasteiger partial charge in [-0.2, -0.15) is 0 Å². The number of alkyl halides is 1. The van der Waals surface area contributed by atoms with Crippen LogP contribution in [0.1, 0.15) is 6.92 Å². The van der Waals surface area contributed by atoms with Crippen molar-refractivity contribution in [2.75, 3.05) is 13.2 Å². The lowest BCUT2D eigenvalue weighted by atomic mass is 10.2. The summed E-state index contributed by atoms with van der Waals surface area (Å²) in [5, 5.41) is 2.17. The summed E-state index contributed by atoms with van der Waals surface area (Å²) in [4.78, 5) is 11.3. The second-order valence-corrected chi connectivity index (χ2v) is 4.51. The largest absolute Gasteiger partial charge is 0.486 e. The van der Waals surface area contributed by atoms with Crippen molar-refractivity contribution in [2.24, 2.45) is 0 Å². The van der Waals surface area contributed by atoms with E-state index in [1.54, 1.807) is 6.92 Å². The van der Waals surface area contributed by atoms with E-state index >= 15 is 0 Å². The predicted octanol–water partition coefficient (Wildman–Crippen LogP) is 1.57. The van der Waals surface area contributed by atoms with Crippen LogP contribution in [0, 0.1) is 0 Å². The molecule has 5 heteroatoms. The molecule has 0 radical (unpaired) electrons. The van der Waals surface area contributed by atoms with E-state index in [0.29, 0.717) is 18.9 Å². The molecular formula is C12H14ClNO3. The van der Waals surface area contributed by atoms with Crippen LogP contribution in [0.3, 0.4) is 0 Å². The third-order valence-electron chi connectivity index (χ3n) is 2.43. The monoisotopic (exact) mass is 255 g/mol. The van der Waals surface area contributed by atoms with Gasteiger partial charge in [-0.3, -0.25) is 4.79 Å². The van der Waals surface area contributed by atoms with Crippen LogP contribution in [0.15, 0.2) is 24.3 Å². The molecule has 1 amide bonds. The van der Waals surface area contributed by atoms with E-state index < -0.39 is 5.38 Å². The molecule has 1 aliphatic rings. The van der Waals surface area contributed by atoms with Crippen LogP contribution in [-0.4, -0.2) is 30.5 Å². The second-order valence-electron chi connectivity index (χ2n) is 3.86. The van der Waals surface area contributed by atoms with Crippen LogP contribution < -0.4 is 14.8 Å². The number of carbonyl (C=O) groups is 1. The highest BCUT2D eigenvalue weighted by Gasteiger charge is 2.21. The third kappa shape index (κ3) is 3.03. The second kappa shape index (κ2) is 5.27. The van der Waals surface area contributed by atoms with Crippen molar-refractivity contribution >= 4 is 17.5 Å². The van der Waals surface area contributed by atoms with Crippen LogP contribution in [0.5, 0.6) is 11.5 Å². The molecule has 1 aliphatic heterocycles. The van der Waals surface area contributed by atoms with Gasteiger partial charge in [0.25, 0.3) is 0 Å². The van der Waals surface area contributed by atoms with E-state index in [1.807, 2.05) is 24.3 Å². The number of halogens is 1. The zero-order valence-electron chi connectivity index (χ0n) is 9.48. The predicted molar refractivity (Wildman–Crippen MR) is 64.7 cm³/mol. The number of nitrogens with one attached hydrogen (secondary N) is 1. The number of ether oxygens (including phenoxy) is 2. The molecule has 0 unspecified atom stereocenters. The van der Waals surface area contributed by atoms with Gasteiger partial charge in [0, 0.05) is 0 Å². The van der Waals surface area contributed by atoms with Crippen LogP contribution >= 0.6 is 11.6 Å². The fourth-order valence-electron chi connectivity index (χ4n) is 1.52. The molecule has 2 rings (SSSR count). The van der Waals surface area contributed by atoms with E-state index in [-0.39, 0.29) is 12.0 Å². The van der Waals surface area contributed by atoms with Gasteiger partial charge in [-0.25, -0.2) is 0 Å². The van der Waals surface area contributed by atoms with Crippen molar-refractivity contribution in [3.05, 3.63) is 24.3 Å². The summed E-state index contributed by atoms with van der Waals surface area (Å²) >= 11 is 5.64. The number of hydrogen-bond donors (Lipinski definition) is 1. The summed E-state index contributed by atoms with van der Waals surface area (Å²) in [6.45, 7) is 2.45. The van der Waals surface area contributed by atoms with Crippen LogP contribution in [0.25, 0.3) is 0 Å². The number of amides is 1. The minimum atomic E-state index is -0.535. The van der Waals surface area contributed by atoms with Crippen molar-refractivity contribution in [2.45, 2.75) is 18.4 Å². The summed E-state index contributed by atoms with van der Waals surface area (Å²) in [5.41, 5.74) is 0. The molecule has 0 aromatic heterocycles. The van der Waals surface area contributed by atoms with Crippen LogP contribution in [0.4, 0.5) is 0 Å². The van der Waals surface area contributed by atoms with Crippen molar-refractivity contribution in [3.8, 4) is 11.5 Å². The highest BCUT2D eigenvalue weighted by atomic mass is 35.5. The Kier molecular flexibility index (Phi) is 3.74. The third-order valence-corrected chi connectivity index (χ3v) is 2.63. The maximum Gasteiger partial charge on any atom is 0.237 e. The molecule has 2 atom stereocenters. The summed E-state index contributed by atoms with van der Waals surface area (Å²) in [7, 11) is 0. The fourth-order valence-corrected chi connectivity index (χ4v) is 1.60. The molecule has 0 bridgehead atoms. The topological polar surface area (TPSA) is 47.6 Å². The maximum absolute atomic E-state index is 11.3. The Morgan fingerprint density at radius 2 is 2.24 bits per heavy atom. The lowest BCUT2D eigenvalue weighted by Gasteiger charge is -2.26. The molecule has 1 aromatic carbocycles. The van der Waals surface area contributed by atoms with Gasteiger partial charge in [-0.05, 0) is 19.1 Å². The molecule has 1 N–H and O–H groups in total.